The number of methoxy groups -OCH3 is 2. The molecule has 1 aromatic heterocycles. The molecule has 3 heterocycles. The lowest BCUT2D eigenvalue weighted by Crippen LogP contribution is -2.52. The Morgan fingerprint density at radius 2 is 1.72 bits per heavy atom. The molecule has 6 rings (SSSR count). The minimum atomic E-state index is -5.10. The van der Waals surface area contributed by atoms with Gasteiger partial charge in [0.05, 0.1) is 48.2 Å². The molecule has 53 heavy (non-hydrogen) atoms. The van der Waals surface area contributed by atoms with Crippen molar-refractivity contribution in [1.29, 1.82) is 0 Å². The van der Waals surface area contributed by atoms with Crippen LogP contribution in [0, 0.1) is 12.8 Å². The summed E-state index contributed by atoms with van der Waals surface area (Å²) >= 11 is 0. The average molecular weight is 745 g/mol. The molecule has 0 spiro atoms. The van der Waals surface area contributed by atoms with Crippen molar-refractivity contribution in [2.24, 2.45) is 5.92 Å². The zero-order chi connectivity index (χ0) is 38.4. The van der Waals surface area contributed by atoms with E-state index >= 15 is 0 Å². The Morgan fingerprint density at radius 3 is 2.34 bits per heavy atom. The lowest BCUT2D eigenvalue weighted by atomic mass is 9.93. The number of aromatic carboxylic acids is 1. The van der Waals surface area contributed by atoms with E-state index in [1.54, 1.807) is 51.4 Å². The van der Waals surface area contributed by atoms with Crippen molar-refractivity contribution >= 4 is 18.0 Å². The number of anilines is 1. The van der Waals surface area contributed by atoms with Crippen molar-refractivity contribution in [3.05, 3.63) is 94.9 Å². The van der Waals surface area contributed by atoms with Gasteiger partial charge in [0.25, 0.3) is 0 Å². The summed E-state index contributed by atoms with van der Waals surface area (Å²) in [6, 6.07) is 9.17. The molecule has 10 nitrogen and oxygen atoms in total. The summed E-state index contributed by atoms with van der Waals surface area (Å²) in [4.78, 5) is 37.5. The number of halogens is 6. The highest BCUT2D eigenvalue weighted by Gasteiger charge is 2.45. The third-order valence-electron chi connectivity index (χ3n) is 9.57. The van der Waals surface area contributed by atoms with E-state index in [0.29, 0.717) is 64.9 Å². The van der Waals surface area contributed by atoms with Crippen molar-refractivity contribution in [2.45, 2.75) is 51.0 Å². The first kappa shape index (κ1) is 37.4. The van der Waals surface area contributed by atoms with Crippen molar-refractivity contribution in [3.8, 4) is 28.0 Å². The summed E-state index contributed by atoms with van der Waals surface area (Å²) < 4.78 is 98.9. The Morgan fingerprint density at radius 1 is 1.00 bits per heavy atom. The first-order valence-electron chi connectivity index (χ1n) is 16.4. The molecule has 0 saturated carbocycles. The number of hydrogen-bond acceptors (Lipinski definition) is 8. The van der Waals surface area contributed by atoms with Gasteiger partial charge in [-0.3, -0.25) is 4.90 Å². The highest BCUT2D eigenvalue weighted by molar-refractivity contribution is 5.89. The fraction of sp³-hybridized carbons (Fsp3) is 0.351. The number of nitrogens with zero attached hydrogens (tertiary/aromatic N) is 4. The number of carbonyl (C=O) groups is 2. The van der Waals surface area contributed by atoms with Crippen LogP contribution in [0.4, 0.5) is 37.1 Å². The number of rotatable bonds is 9. The third kappa shape index (κ3) is 7.59. The molecule has 2 aromatic carbocycles. The number of benzene rings is 2. The van der Waals surface area contributed by atoms with Crippen LogP contribution in [0.5, 0.6) is 5.75 Å². The molecule has 2 aliphatic heterocycles. The predicted octanol–water partition coefficient (Wildman–Crippen LogP) is 7.53. The van der Waals surface area contributed by atoms with Crippen LogP contribution in [-0.4, -0.2) is 89.9 Å². The number of carbonyl (C=O) groups excluding carboxylic acids is 1. The molecule has 3 aliphatic rings. The number of ether oxygens (including phenoxy) is 3. The Bertz CT molecular complexity index is 2020. The fourth-order valence-corrected chi connectivity index (χ4v) is 6.56. The number of carboxylic acid groups (broad SMARTS) is 1. The molecule has 3 aromatic rings. The Labute approximate surface area is 300 Å². The summed E-state index contributed by atoms with van der Waals surface area (Å²) in [6.07, 6.45) is -8.57. The number of amides is 1. The normalized spacial score (nSPS) is 20.8. The summed E-state index contributed by atoms with van der Waals surface area (Å²) in [5.74, 6) is -1.65. The van der Waals surface area contributed by atoms with Gasteiger partial charge in [-0.2, -0.15) is 26.3 Å². The van der Waals surface area contributed by atoms with E-state index < -0.39 is 53.6 Å². The van der Waals surface area contributed by atoms with Gasteiger partial charge in [0.1, 0.15) is 11.9 Å². The van der Waals surface area contributed by atoms with Gasteiger partial charge in [0.2, 0.25) is 5.95 Å². The van der Waals surface area contributed by atoms with Gasteiger partial charge in [-0.15, -0.1) is 0 Å². The van der Waals surface area contributed by atoms with Crippen LogP contribution in [0.3, 0.4) is 0 Å². The summed E-state index contributed by atoms with van der Waals surface area (Å²) in [7, 11) is 3.05. The zero-order valence-corrected chi connectivity index (χ0v) is 28.8. The molecule has 0 bridgehead atoms. The lowest BCUT2D eigenvalue weighted by Gasteiger charge is -2.38. The van der Waals surface area contributed by atoms with Gasteiger partial charge >= 0.3 is 24.4 Å². The Balaban J connectivity index is 1.38. The maximum atomic E-state index is 13.9. The Hall–Kier alpha value is -5.38. The summed E-state index contributed by atoms with van der Waals surface area (Å²) in [5.41, 5.74) is 0.599. The van der Waals surface area contributed by atoms with E-state index in [2.05, 4.69) is 4.98 Å². The molecular formula is C37H34F6N4O6. The molecular weight excluding hydrogens is 710 g/mol. The molecule has 16 heteroatoms. The van der Waals surface area contributed by atoms with E-state index in [9.17, 15) is 41.0 Å². The van der Waals surface area contributed by atoms with Crippen LogP contribution in [0.25, 0.3) is 22.3 Å². The molecule has 0 radical (unpaired) electrons. The molecule has 3 unspecified atom stereocenters. The van der Waals surface area contributed by atoms with Crippen LogP contribution in [0.15, 0.2) is 78.0 Å². The van der Waals surface area contributed by atoms with Crippen molar-refractivity contribution < 1.29 is 55.2 Å². The van der Waals surface area contributed by atoms with Gasteiger partial charge < -0.3 is 24.2 Å². The molecule has 280 valence electrons. The molecule has 1 aliphatic carbocycles. The lowest BCUT2D eigenvalue weighted by molar-refractivity contribution is -0.0934. The molecule has 2 saturated heterocycles. The molecule has 1 N–H and O–H groups in total. The van der Waals surface area contributed by atoms with E-state index in [0.717, 1.165) is 11.6 Å². The SMILES string of the molecule is COc1ccc(-c2ccc(C(=O)O)cc2C)cc1-c1cnc(N2CC(OC)C2)nc1CN1C(=O)OC(C2C=CC(C(F)(F)F)=CC(C(F)(F)F)=C2)C1C. The van der Waals surface area contributed by atoms with Gasteiger partial charge in [-0.25, -0.2) is 19.6 Å². The van der Waals surface area contributed by atoms with Crippen LogP contribution in [-0.2, 0) is 16.0 Å². The summed E-state index contributed by atoms with van der Waals surface area (Å²) in [5, 5.41) is 9.44. The van der Waals surface area contributed by atoms with Gasteiger partial charge in [-0.1, -0.05) is 30.4 Å². The smallest absolute Gasteiger partial charge is 0.416 e. The standard InChI is InChI=1S/C37H34F6N4O6/c1-19-11-23(33(48)49)6-9-27(19)21-7-10-31(52-4)28(13-21)29-15-44-34(46-16-26(17-46)51-3)45-30(29)18-47-20(2)32(53-35(47)50)22-5-8-24(36(38,39)40)14-25(12-22)37(41,42)43/h5-15,20,22,26,32H,16-18H2,1-4H3,(H,48,49). The highest BCUT2D eigenvalue weighted by Crippen LogP contribution is 2.41. The van der Waals surface area contributed by atoms with E-state index in [1.165, 1.54) is 18.1 Å². The van der Waals surface area contributed by atoms with Gasteiger partial charge in [-0.05, 0) is 60.9 Å². The van der Waals surface area contributed by atoms with E-state index in [-0.39, 0.29) is 24.3 Å². The van der Waals surface area contributed by atoms with Crippen molar-refractivity contribution in [3.63, 3.8) is 0 Å². The maximum Gasteiger partial charge on any atom is 0.416 e. The second-order valence-corrected chi connectivity index (χ2v) is 12.9. The number of cyclic esters (lactones) is 1. The minimum Gasteiger partial charge on any atom is -0.496 e. The van der Waals surface area contributed by atoms with Crippen LogP contribution >= 0.6 is 0 Å². The van der Waals surface area contributed by atoms with Crippen LogP contribution in [0.2, 0.25) is 0 Å². The first-order chi connectivity index (χ1) is 25.0. The second kappa shape index (κ2) is 14.2. The largest absolute Gasteiger partial charge is 0.496 e. The molecule has 3 atom stereocenters. The average Bonchev–Trinajstić information content (AvgIpc) is 3.22. The second-order valence-electron chi connectivity index (χ2n) is 12.9. The number of hydrogen-bond donors (Lipinski definition) is 1. The zero-order valence-electron chi connectivity index (χ0n) is 28.8. The minimum absolute atomic E-state index is 0.0395. The topological polar surface area (TPSA) is 114 Å². The Kier molecular flexibility index (Phi) is 10.0. The number of aryl methyl sites for hydroxylation is 1. The predicted molar refractivity (Wildman–Crippen MR) is 180 cm³/mol. The third-order valence-corrected chi connectivity index (χ3v) is 9.57. The van der Waals surface area contributed by atoms with Crippen LogP contribution < -0.4 is 9.64 Å². The van der Waals surface area contributed by atoms with E-state index in [1.807, 2.05) is 11.0 Å². The number of aromatic nitrogens is 2. The van der Waals surface area contributed by atoms with E-state index in [4.69, 9.17) is 19.2 Å². The molecule has 1 amide bonds. The maximum absolute atomic E-state index is 13.9. The van der Waals surface area contributed by atoms with Crippen molar-refractivity contribution in [1.82, 2.24) is 14.9 Å². The fourth-order valence-electron chi connectivity index (χ4n) is 6.56. The first-order valence-corrected chi connectivity index (χ1v) is 16.4. The molecule has 2 fully saturated rings. The number of allylic oxidation sites excluding steroid dienone is 4. The van der Waals surface area contributed by atoms with Gasteiger partial charge in [0, 0.05) is 43.4 Å². The number of carboxylic acids is 1. The highest BCUT2D eigenvalue weighted by atomic mass is 19.4. The monoisotopic (exact) mass is 744 g/mol. The summed E-state index contributed by atoms with van der Waals surface area (Å²) in [6.45, 7) is 4.11. The van der Waals surface area contributed by atoms with Crippen molar-refractivity contribution in [2.75, 3.05) is 32.2 Å². The van der Waals surface area contributed by atoms with Gasteiger partial charge in [0.15, 0.2) is 0 Å². The van der Waals surface area contributed by atoms with Crippen LogP contribution in [0.1, 0.15) is 28.5 Å². The quantitative estimate of drug-likeness (QED) is 0.222. The number of alkyl halides is 6.